The van der Waals surface area contributed by atoms with Crippen molar-refractivity contribution in [3.8, 4) is 0 Å². The third kappa shape index (κ3) is 8.01. The predicted octanol–water partition coefficient (Wildman–Crippen LogP) is 3.31. The molecule has 0 atom stereocenters. The van der Waals surface area contributed by atoms with Crippen LogP contribution in [-0.4, -0.2) is 37.6 Å². The van der Waals surface area contributed by atoms with Crippen molar-refractivity contribution < 1.29 is 0 Å². The van der Waals surface area contributed by atoms with Crippen LogP contribution < -0.4 is 5.32 Å². The SMILES string of the molecule is CCCCN(CCCC)CC1CCNCC1.Cl. The van der Waals surface area contributed by atoms with Gasteiger partial charge in [0.1, 0.15) is 0 Å². The van der Waals surface area contributed by atoms with Crippen LogP contribution in [0.2, 0.25) is 0 Å². The molecule has 2 nitrogen and oxygen atoms in total. The van der Waals surface area contributed by atoms with E-state index in [0.717, 1.165) is 5.92 Å². The molecule has 1 N–H and O–H groups in total. The molecule has 0 aromatic rings. The number of unbranched alkanes of at least 4 members (excludes halogenated alkanes) is 2. The molecule has 0 saturated carbocycles. The van der Waals surface area contributed by atoms with E-state index in [9.17, 15) is 0 Å². The molecular weight excluding hydrogens is 232 g/mol. The number of piperidine rings is 1. The van der Waals surface area contributed by atoms with E-state index in [0.29, 0.717) is 0 Å². The van der Waals surface area contributed by atoms with Crippen molar-refractivity contribution in [2.45, 2.75) is 52.4 Å². The second-order valence-corrected chi connectivity index (χ2v) is 5.20. The molecular formula is C14H31ClN2. The molecule has 1 rings (SSSR count). The Balaban J connectivity index is 0.00000256. The molecule has 1 aliphatic rings. The van der Waals surface area contributed by atoms with Crippen LogP contribution in [0.3, 0.4) is 0 Å². The van der Waals surface area contributed by atoms with Crippen molar-refractivity contribution in [1.29, 1.82) is 0 Å². The molecule has 0 spiro atoms. The molecule has 17 heavy (non-hydrogen) atoms. The summed E-state index contributed by atoms with van der Waals surface area (Å²) in [6.07, 6.45) is 8.16. The molecule has 1 aliphatic heterocycles. The summed E-state index contributed by atoms with van der Waals surface area (Å²) in [6, 6.07) is 0. The van der Waals surface area contributed by atoms with Gasteiger partial charge in [0.2, 0.25) is 0 Å². The van der Waals surface area contributed by atoms with E-state index in [4.69, 9.17) is 0 Å². The first kappa shape index (κ1) is 17.2. The van der Waals surface area contributed by atoms with Gasteiger partial charge < -0.3 is 10.2 Å². The van der Waals surface area contributed by atoms with Gasteiger partial charge in [-0.2, -0.15) is 0 Å². The van der Waals surface area contributed by atoms with Gasteiger partial charge in [0, 0.05) is 6.54 Å². The van der Waals surface area contributed by atoms with Gasteiger partial charge in [-0.3, -0.25) is 0 Å². The first-order chi connectivity index (χ1) is 7.86. The van der Waals surface area contributed by atoms with Crippen molar-refractivity contribution >= 4 is 12.4 Å². The van der Waals surface area contributed by atoms with Crippen LogP contribution in [0.25, 0.3) is 0 Å². The lowest BCUT2D eigenvalue weighted by atomic mass is 9.97. The van der Waals surface area contributed by atoms with Crippen LogP contribution in [0.15, 0.2) is 0 Å². The number of hydrogen-bond acceptors (Lipinski definition) is 2. The van der Waals surface area contributed by atoms with Crippen molar-refractivity contribution in [2.24, 2.45) is 5.92 Å². The molecule has 3 heteroatoms. The second-order valence-electron chi connectivity index (χ2n) is 5.20. The molecule has 0 radical (unpaired) electrons. The minimum absolute atomic E-state index is 0. The average Bonchev–Trinajstić information content (AvgIpc) is 2.34. The molecule has 0 unspecified atom stereocenters. The number of nitrogens with one attached hydrogen (secondary N) is 1. The second kappa shape index (κ2) is 11.3. The number of rotatable bonds is 8. The van der Waals surface area contributed by atoms with Gasteiger partial charge in [0.25, 0.3) is 0 Å². The van der Waals surface area contributed by atoms with Gasteiger partial charge >= 0.3 is 0 Å². The van der Waals surface area contributed by atoms with Crippen LogP contribution >= 0.6 is 12.4 Å². The first-order valence-corrected chi connectivity index (χ1v) is 7.29. The molecule has 1 fully saturated rings. The number of hydrogen-bond donors (Lipinski definition) is 1. The fraction of sp³-hybridized carbons (Fsp3) is 1.00. The summed E-state index contributed by atoms with van der Waals surface area (Å²) in [4.78, 5) is 2.71. The van der Waals surface area contributed by atoms with E-state index in [1.807, 2.05) is 0 Å². The van der Waals surface area contributed by atoms with Crippen LogP contribution in [0.4, 0.5) is 0 Å². The van der Waals surface area contributed by atoms with Gasteiger partial charge in [0.15, 0.2) is 0 Å². The number of nitrogens with zero attached hydrogens (tertiary/aromatic N) is 1. The van der Waals surface area contributed by atoms with Crippen molar-refractivity contribution in [3.05, 3.63) is 0 Å². The Hall–Kier alpha value is 0.210. The zero-order chi connectivity index (χ0) is 11.6. The monoisotopic (exact) mass is 262 g/mol. The summed E-state index contributed by atoms with van der Waals surface area (Å²) in [7, 11) is 0. The van der Waals surface area contributed by atoms with E-state index >= 15 is 0 Å². The molecule has 0 aromatic carbocycles. The van der Waals surface area contributed by atoms with Gasteiger partial charge in [-0.25, -0.2) is 0 Å². The summed E-state index contributed by atoms with van der Waals surface area (Å²) in [5.41, 5.74) is 0. The van der Waals surface area contributed by atoms with Crippen molar-refractivity contribution in [3.63, 3.8) is 0 Å². The summed E-state index contributed by atoms with van der Waals surface area (Å²) >= 11 is 0. The summed E-state index contributed by atoms with van der Waals surface area (Å²) in [5, 5.41) is 3.46. The van der Waals surface area contributed by atoms with Crippen LogP contribution in [0.1, 0.15) is 52.4 Å². The Labute approximate surface area is 114 Å². The lowest BCUT2D eigenvalue weighted by Crippen LogP contribution is -2.37. The third-order valence-electron chi connectivity index (χ3n) is 3.63. The normalized spacial score (nSPS) is 17.1. The van der Waals surface area contributed by atoms with Gasteiger partial charge in [-0.1, -0.05) is 26.7 Å². The Morgan fingerprint density at radius 1 is 1.00 bits per heavy atom. The average molecular weight is 263 g/mol. The zero-order valence-corrected chi connectivity index (χ0v) is 12.5. The quantitative estimate of drug-likeness (QED) is 0.722. The lowest BCUT2D eigenvalue weighted by molar-refractivity contribution is 0.200. The summed E-state index contributed by atoms with van der Waals surface area (Å²) < 4.78 is 0. The Bertz CT molecular complexity index is 150. The maximum Gasteiger partial charge on any atom is 0.00106 e. The fourth-order valence-electron chi connectivity index (χ4n) is 2.49. The third-order valence-corrected chi connectivity index (χ3v) is 3.63. The van der Waals surface area contributed by atoms with Crippen LogP contribution in [-0.2, 0) is 0 Å². The Kier molecular flexibility index (Phi) is 11.4. The highest BCUT2D eigenvalue weighted by atomic mass is 35.5. The summed E-state index contributed by atoms with van der Waals surface area (Å²) in [6.45, 7) is 11.0. The topological polar surface area (TPSA) is 15.3 Å². The zero-order valence-electron chi connectivity index (χ0n) is 11.7. The van der Waals surface area contributed by atoms with E-state index in [2.05, 4.69) is 24.1 Å². The van der Waals surface area contributed by atoms with Crippen molar-refractivity contribution in [1.82, 2.24) is 10.2 Å². The molecule has 1 heterocycles. The maximum atomic E-state index is 3.46. The Morgan fingerprint density at radius 3 is 2.00 bits per heavy atom. The molecule has 0 amide bonds. The molecule has 0 aliphatic carbocycles. The van der Waals surface area contributed by atoms with E-state index in [1.54, 1.807) is 0 Å². The van der Waals surface area contributed by atoms with E-state index in [1.165, 1.54) is 71.2 Å². The smallest absolute Gasteiger partial charge is 0.00106 e. The lowest BCUT2D eigenvalue weighted by Gasteiger charge is -2.30. The predicted molar refractivity (Wildman–Crippen MR) is 79.1 cm³/mol. The van der Waals surface area contributed by atoms with E-state index in [-0.39, 0.29) is 12.4 Å². The summed E-state index contributed by atoms with van der Waals surface area (Å²) in [5.74, 6) is 0.954. The van der Waals surface area contributed by atoms with E-state index < -0.39 is 0 Å². The highest BCUT2D eigenvalue weighted by Gasteiger charge is 2.16. The molecule has 0 aromatic heterocycles. The molecule has 1 saturated heterocycles. The largest absolute Gasteiger partial charge is 0.317 e. The first-order valence-electron chi connectivity index (χ1n) is 7.29. The van der Waals surface area contributed by atoms with Gasteiger partial charge in [-0.05, 0) is 57.8 Å². The fourth-order valence-corrected chi connectivity index (χ4v) is 2.49. The van der Waals surface area contributed by atoms with Crippen LogP contribution in [0, 0.1) is 5.92 Å². The molecule has 104 valence electrons. The number of halogens is 1. The van der Waals surface area contributed by atoms with Crippen LogP contribution in [0.5, 0.6) is 0 Å². The minimum atomic E-state index is 0. The maximum absolute atomic E-state index is 3.46. The Morgan fingerprint density at radius 2 is 1.53 bits per heavy atom. The highest BCUT2D eigenvalue weighted by molar-refractivity contribution is 5.85. The molecule has 0 bridgehead atoms. The van der Waals surface area contributed by atoms with Gasteiger partial charge in [0.05, 0.1) is 0 Å². The highest BCUT2D eigenvalue weighted by Crippen LogP contribution is 2.14. The van der Waals surface area contributed by atoms with Crippen molar-refractivity contribution in [2.75, 3.05) is 32.7 Å². The van der Waals surface area contributed by atoms with Gasteiger partial charge in [-0.15, -0.1) is 12.4 Å². The standard InChI is InChI=1S/C14H30N2.ClH/c1-3-5-11-16(12-6-4-2)13-14-7-9-15-10-8-14;/h14-15H,3-13H2,1-2H3;1H. The minimum Gasteiger partial charge on any atom is -0.317 e.